The van der Waals surface area contributed by atoms with E-state index >= 15 is 0 Å². The maximum atomic E-state index is 8.55. The fraction of sp³-hybridized carbons (Fsp3) is 0.900. The number of nitrogens with two attached hydrogens (primary N) is 1. The predicted molar refractivity (Wildman–Crippen MR) is 63.2 cm³/mol. The van der Waals surface area contributed by atoms with Crippen LogP contribution in [0, 0.1) is 5.92 Å². The summed E-state index contributed by atoms with van der Waals surface area (Å²) in [4.78, 5) is 2.12. The van der Waals surface area contributed by atoms with Crippen LogP contribution in [0.1, 0.15) is 20.8 Å². The van der Waals surface area contributed by atoms with Gasteiger partial charge in [-0.1, -0.05) is 19.0 Å². The predicted octanol–water partition coefficient (Wildman–Crippen LogP) is 0.297. The van der Waals surface area contributed by atoms with Crippen LogP contribution < -0.4 is 11.1 Å². The van der Waals surface area contributed by atoms with E-state index in [1.165, 1.54) is 0 Å². The number of rotatable bonds is 6. The van der Waals surface area contributed by atoms with E-state index in [1.54, 1.807) is 0 Å². The van der Waals surface area contributed by atoms with E-state index in [1.807, 2.05) is 21.0 Å². The van der Waals surface area contributed by atoms with E-state index in [0.717, 1.165) is 6.54 Å². The zero-order valence-electron chi connectivity index (χ0n) is 10.4. The third-order valence-electron chi connectivity index (χ3n) is 2.39. The Morgan fingerprint density at radius 2 is 1.93 bits per heavy atom. The fourth-order valence-corrected chi connectivity index (χ4v) is 1.34. The molecule has 0 aromatic rings. The average molecular weight is 216 g/mol. The van der Waals surface area contributed by atoms with Crippen LogP contribution in [0.2, 0.25) is 0 Å². The van der Waals surface area contributed by atoms with Crippen LogP contribution in [0.3, 0.4) is 0 Å². The smallest absolute Gasteiger partial charge is 0.156 e. The van der Waals surface area contributed by atoms with Crippen LogP contribution in [0.5, 0.6) is 0 Å². The van der Waals surface area contributed by atoms with Crippen LogP contribution in [-0.4, -0.2) is 48.7 Å². The van der Waals surface area contributed by atoms with Gasteiger partial charge < -0.3 is 21.2 Å². The molecule has 0 rings (SSSR count). The number of likely N-dealkylation sites (N-methyl/N-ethyl adjacent to an activating group) is 1. The summed E-state index contributed by atoms with van der Waals surface area (Å²) in [7, 11) is 4.07. The molecule has 0 aliphatic rings. The van der Waals surface area contributed by atoms with E-state index < -0.39 is 0 Å². The second-order valence-corrected chi connectivity index (χ2v) is 4.53. The minimum Gasteiger partial charge on any atom is -0.409 e. The van der Waals surface area contributed by atoms with Crippen LogP contribution >= 0.6 is 0 Å². The molecule has 2 atom stereocenters. The molecule has 0 saturated carbocycles. The van der Waals surface area contributed by atoms with E-state index in [9.17, 15) is 0 Å². The van der Waals surface area contributed by atoms with E-state index in [0.29, 0.717) is 12.0 Å². The molecule has 2 unspecified atom stereocenters. The van der Waals surface area contributed by atoms with Gasteiger partial charge in [0.2, 0.25) is 0 Å². The number of oxime groups is 1. The molecule has 15 heavy (non-hydrogen) atoms. The maximum Gasteiger partial charge on any atom is 0.156 e. The highest BCUT2D eigenvalue weighted by molar-refractivity contribution is 5.84. The first kappa shape index (κ1) is 14.2. The Labute approximate surface area is 92.3 Å². The van der Waals surface area contributed by atoms with E-state index in [2.05, 4.69) is 29.2 Å². The van der Waals surface area contributed by atoms with Gasteiger partial charge >= 0.3 is 0 Å². The highest BCUT2D eigenvalue weighted by atomic mass is 16.4. The van der Waals surface area contributed by atoms with Crippen LogP contribution in [0.15, 0.2) is 5.16 Å². The summed E-state index contributed by atoms with van der Waals surface area (Å²) in [5.41, 5.74) is 5.52. The summed E-state index contributed by atoms with van der Waals surface area (Å²) < 4.78 is 0. The van der Waals surface area contributed by atoms with Gasteiger partial charge in [0, 0.05) is 12.6 Å². The molecule has 4 N–H and O–H groups in total. The molecule has 5 heteroatoms. The second kappa shape index (κ2) is 6.63. The third kappa shape index (κ3) is 5.59. The van der Waals surface area contributed by atoms with Crippen molar-refractivity contribution in [2.24, 2.45) is 16.8 Å². The maximum absolute atomic E-state index is 8.55. The lowest BCUT2D eigenvalue weighted by molar-refractivity contribution is 0.280. The molecule has 0 fully saturated rings. The van der Waals surface area contributed by atoms with Crippen molar-refractivity contribution in [3.8, 4) is 0 Å². The first-order valence-electron chi connectivity index (χ1n) is 5.26. The van der Waals surface area contributed by atoms with Gasteiger partial charge in [0.1, 0.15) is 0 Å². The van der Waals surface area contributed by atoms with Crippen molar-refractivity contribution in [3.63, 3.8) is 0 Å². The molecule has 0 aliphatic heterocycles. The zero-order valence-corrected chi connectivity index (χ0v) is 10.4. The lowest BCUT2D eigenvalue weighted by Gasteiger charge is -2.28. The van der Waals surface area contributed by atoms with Gasteiger partial charge in [0.05, 0.1) is 6.04 Å². The number of nitrogens with one attached hydrogen (secondary N) is 1. The van der Waals surface area contributed by atoms with Gasteiger partial charge in [-0.05, 0) is 26.9 Å². The average Bonchev–Trinajstić information content (AvgIpc) is 2.14. The van der Waals surface area contributed by atoms with Crippen LogP contribution in [-0.2, 0) is 0 Å². The molecule has 0 aliphatic carbocycles. The molecule has 0 bridgehead atoms. The number of amidine groups is 1. The topological polar surface area (TPSA) is 73.9 Å². The van der Waals surface area contributed by atoms with Gasteiger partial charge in [-0.2, -0.15) is 0 Å². The molecular formula is C10H24N4O. The first-order valence-corrected chi connectivity index (χ1v) is 5.26. The SMILES string of the molecule is CC(NC(CN(C)C)C(C)C)C(N)=NO. The number of hydrogen-bond donors (Lipinski definition) is 3. The molecule has 0 spiro atoms. The highest BCUT2D eigenvalue weighted by Gasteiger charge is 2.18. The van der Waals surface area contributed by atoms with Gasteiger partial charge in [-0.15, -0.1) is 0 Å². The minimum atomic E-state index is -0.109. The van der Waals surface area contributed by atoms with Crippen molar-refractivity contribution >= 4 is 5.84 Å². The first-order chi connectivity index (χ1) is 6.88. The summed E-state index contributed by atoms with van der Waals surface area (Å²) >= 11 is 0. The Morgan fingerprint density at radius 1 is 1.40 bits per heavy atom. The van der Waals surface area contributed by atoms with Gasteiger partial charge in [-0.3, -0.25) is 0 Å². The van der Waals surface area contributed by atoms with Crippen LogP contribution in [0.25, 0.3) is 0 Å². The molecule has 0 saturated heterocycles. The summed E-state index contributed by atoms with van der Waals surface area (Å²) in [5.74, 6) is 0.723. The molecule has 0 radical (unpaired) electrons. The molecule has 0 aromatic carbocycles. The number of nitrogens with zero attached hydrogens (tertiary/aromatic N) is 2. The van der Waals surface area contributed by atoms with Gasteiger partial charge in [0.15, 0.2) is 5.84 Å². The Hall–Kier alpha value is -0.810. The highest BCUT2D eigenvalue weighted by Crippen LogP contribution is 2.04. The van der Waals surface area contributed by atoms with E-state index in [-0.39, 0.29) is 11.9 Å². The molecule has 5 nitrogen and oxygen atoms in total. The minimum absolute atomic E-state index is 0.109. The van der Waals surface area contributed by atoms with Gasteiger partial charge in [0.25, 0.3) is 0 Å². The van der Waals surface area contributed by atoms with Crippen LogP contribution in [0.4, 0.5) is 0 Å². The van der Waals surface area contributed by atoms with Crippen molar-refractivity contribution in [2.75, 3.05) is 20.6 Å². The Morgan fingerprint density at radius 3 is 2.27 bits per heavy atom. The van der Waals surface area contributed by atoms with Crippen molar-refractivity contribution in [3.05, 3.63) is 0 Å². The Balaban J connectivity index is 4.28. The van der Waals surface area contributed by atoms with E-state index in [4.69, 9.17) is 10.9 Å². The Kier molecular flexibility index (Phi) is 6.27. The lowest BCUT2D eigenvalue weighted by Crippen LogP contribution is -2.50. The monoisotopic (exact) mass is 216 g/mol. The largest absolute Gasteiger partial charge is 0.409 e. The second-order valence-electron chi connectivity index (χ2n) is 4.53. The Bertz CT molecular complexity index is 204. The zero-order chi connectivity index (χ0) is 12.0. The fourth-order valence-electron chi connectivity index (χ4n) is 1.34. The molecule has 0 aromatic heterocycles. The molecular weight excluding hydrogens is 192 g/mol. The molecule has 90 valence electrons. The third-order valence-corrected chi connectivity index (χ3v) is 2.39. The van der Waals surface area contributed by atoms with Crippen molar-refractivity contribution in [1.29, 1.82) is 0 Å². The standard InChI is InChI=1S/C10H24N4O/c1-7(2)9(6-14(4)5)12-8(3)10(11)13-15/h7-9,12,15H,6H2,1-5H3,(H2,11,13). The van der Waals surface area contributed by atoms with Gasteiger partial charge in [-0.25, -0.2) is 0 Å². The summed E-state index contributed by atoms with van der Waals surface area (Å²) in [6.45, 7) is 7.13. The lowest BCUT2D eigenvalue weighted by atomic mass is 10.0. The van der Waals surface area contributed by atoms with Crippen molar-refractivity contribution in [1.82, 2.24) is 10.2 Å². The van der Waals surface area contributed by atoms with Crippen molar-refractivity contribution < 1.29 is 5.21 Å². The quantitative estimate of drug-likeness (QED) is 0.258. The normalized spacial score (nSPS) is 17.1. The summed E-state index contributed by atoms with van der Waals surface area (Å²) in [5, 5.41) is 14.9. The summed E-state index contributed by atoms with van der Waals surface area (Å²) in [6.07, 6.45) is 0. The number of hydrogen-bond acceptors (Lipinski definition) is 4. The molecule has 0 amide bonds. The summed E-state index contributed by atoms with van der Waals surface area (Å²) in [6, 6.07) is 0.220. The van der Waals surface area contributed by atoms with Crippen molar-refractivity contribution in [2.45, 2.75) is 32.9 Å². The molecule has 0 heterocycles.